The molecule has 0 spiro atoms. The van der Waals surface area contributed by atoms with E-state index in [9.17, 15) is 9.59 Å². The Morgan fingerprint density at radius 3 is 2.42 bits per heavy atom. The molecular formula is C37H37N5O3. The number of methoxy groups -OCH3 is 1. The lowest BCUT2D eigenvalue weighted by molar-refractivity contribution is -0.122. The van der Waals surface area contributed by atoms with Gasteiger partial charge in [-0.25, -0.2) is 4.98 Å². The second-order valence-electron chi connectivity index (χ2n) is 11.3. The maximum Gasteiger partial charge on any atom is 0.254 e. The highest BCUT2D eigenvalue weighted by Gasteiger charge is 2.25. The molecule has 4 heterocycles. The Hall–Kier alpha value is -4.95. The molecule has 8 nitrogen and oxygen atoms in total. The van der Waals surface area contributed by atoms with Gasteiger partial charge in [0.15, 0.2) is 0 Å². The monoisotopic (exact) mass is 599 g/mol. The number of pyridine rings is 3. The van der Waals surface area contributed by atoms with Crippen LogP contribution in [-0.4, -0.2) is 58.5 Å². The minimum absolute atomic E-state index is 0.00819. The van der Waals surface area contributed by atoms with Crippen LogP contribution >= 0.6 is 0 Å². The van der Waals surface area contributed by atoms with Gasteiger partial charge in [0.05, 0.1) is 22.5 Å². The van der Waals surface area contributed by atoms with Crippen LogP contribution in [0.15, 0.2) is 97.5 Å². The minimum atomic E-state index is -0.0945. The maximum absolute atomic E-state index is 14.7. The number of benzene rings is 2. The van der Waals surface area contributed by atoms with E-state index >= 15 is 0 Å². The Morgan fingerprint density at radius 1 is 0.800 bits per heavy atom. The average molecular weight is 600 g/mol. The molecule has 0 radical (unpaired) electrons. The summed E-state index contributed by atoms with van der Waals surface area (Å²) in [5.74, 6) is -0.168. The van der Waals surface area contributed by atoms with E-state index in [1.165, 1.54) is 0 Å². The molecule has 0 aliphatic carbocycles. The molecule has 8 heteroatoms. The average Bonchev–Trinajstić information content (AvgIpc) is 3.08. The van der Waals surface area contributed by atoms with Crippen molar-refractivity contribution in [3.8, 4) is 22.5 Å². The highest BCUT2D eigenvalue weighted by Crippen LogP contribution is 2.31. The van der Waals surface area contributed by atoms with Gasteiger partial charge >= 0.3 is 0 Å². The number of fused-ring (bicyclic) bond motifs is 2. The second kappa shape index (κ2) is 14.2. The van der Waals surface area contributed by atoms with E-state index in [1.54, 1.807) is 19.5 Å². The second-order valence-corrected chi connectivity index (χ2v) is 11.3. The summed E-state index contributed by atoms with van der Waals surface area (Å²) in [4.78, 5) is 45.5. The van der Waals surface area contributed by atoms with Crippen molar-refractivity contribution >= 4 is 28.4 Å². The molecule has 1 aliphatic heterocycles. The Kier molecular flexibility index (Phi) is 9.51. The first-order valence-corrected chi connectivity index (χ1v) is 15.6. The Morgan fingerprint density at radius 2 is 1.62 bits per heavy atom. The number of ether oxygens (including phenoxy) is 1. The van der Waals surface area contributed by atoms with Crippen molar-refractivity contribution in [3.05, 3.63) is 109 Å². The molecule has 0 unspecified atom stereocenters. The molecule has 1 aliphatic rings. The van der Waals surface area contributed by atoms with Gasteiger partial charge in [-0.3, -0.25) is 19.6 Å². The number of nitrogens with zero attached hydrogens (tertiary/aromatic N) is 5. The van der Waals surface area contributed by atoms with E-state index < -0.39 is 0 Å². The van der Waals surface area contributed by atoms with Gasteiger partial charge in [0.2, 0.25) is 0 Å². The number of hydrogen-bond donors (Lipinski definition) is 0. The number of amides is 2. The third kappa shape index (κ3) is 6.91. The molecule has 2 aromatic carbocycles. The van der Waals surface area contributed by atoms with Crippen molar-refractivity contribution in [2.45, 2.75) is 38.6 Å². The van der Waals surface area contributed by atoms with E-state index in [0.29, 0.717) is 36.6 Å². The zero-order valence-corrected chi connectivity index (χ0v) is 25.6. The van der Waals surface area contributed by atoms with Gasteiger partial charge in [0, 0.05) is 56.4 Å². The minimum Gasteiger partial charge on any atom is -0.375 e. The molecule has 5 aromatic rings. The van der Waals surface area contributed by atoms with E-state index in [1.807, 2.05) is 88.8 Å². The van der Waals surface area contributed by atoms with Crippen molar-refractivity contribution in [3.63, 3.8) is 0 Å². The summed E-state index contributed by atoms with van der Waals surface area (Å²) >= 11 is 0. The third-order valence-corrected chi connectivity index (χ3v) is 8.27. The quantitative estimate of drug-likeness (QED) is 0.217. The number of rotatable bonds is 5. The molecule has 6 rings (SSSR count). The van der Waals surface area contributed by atoms with Crippen molar-refractivity contribution < 1.29 is 14.3 Å². The Labute approximate surface area is 263 Å². The molecule has 0 atom stereocenters. The normalized spacial score (nSPS) is 14.3. The molecule has 0 fully saturated rings. The van der Waals surface area contributed by atoms with Crippen LogP contribution in [0.5, 0.6) is 0 Å². The van der Waals surface area contributed by atoms with E-state index in [2.05, 4.69) is 16.0 Å². The Balaban J connectivity index is 1.46. The fourth-order valence-electron chi connectivity index (χ4n) is 6.00. The SMILES string of the molecule is COCC(=O)N1CCCCCCCN(C(=O)c2cc(-c3ccccn3)nc3ccccc23)Cc2cc(-c3cccnc3)ccc21. The summed E-state index contributed by atoms with van der Waals surface area (Å²) in [6.07, 6.45) is 10.2. The van der Waals surface area contributed by atoms with Crippen molar-refractivity contribution in [1.29, 1.82) is 0 Å². The summed E-state index contributed by atoms with van der Waals surface area (Å²) in [6, 6.07) is 25.4. The molecule has 0 saturated heterocycles. The molecule has 0 saturated carbocycles. The summed E-state index contributed by atoms with van der Waals surface area (Å²) in [5, 5.41) is 0.800. The maximum atomic E-state index is 14.7. The van der Waals surface area contributed by atoms with Gasteiger partial charge in [-0.1, -0.05) is 55.7 Å². The zero-order valence-electron chi connectivity index (χ0n) is 25.6. The number of anilines is 1. The van der Waals surface area contributed by atoms with Gasteiger partial charge < -0.3 is 14.5 Å². The number of hydrogen-bond acceptors (Lipinski definition) is 6. The first-order chi connectivity index (χ1) is 22.1. The number of carbonyl (C=O) groups is 2. The molecule has 3 aromatic heterocycles. The molecule has 0 N–H and O–H groups in total. The largest absolute Gasteiger partial charge is 0.375 e. The van der Waals surface area contributed by atoms with E-state index in [4.69, 9.17) is 9.72 Å². The van der Waals surface area contributed by atoms with Crippen LogP contribution in [0.1, 0.15) is 48.0 Å². The van der Waals surface area contributed by atoms with Gasteiger partial charge in [-0.15, -0.1) is 0 Å². The molecular weight excluding hydrogens is 562 g/mol. The lowest BCUT2D eigenvalue weighted by Gasteiger charge is -2.30. The zero-order chi connectivity index (χ0) is 31.0. The topological polar surface area (TPSA) is 88.5 Å². The predicted octanol–water partition coefficient (Wildman–Crippen LogP) is 6.94. The van der Waals surface area contributed by atoms with Crippen LogP contribution in [-0.2, 0) is 16.1 Å². The number of carbonyl (C=O) groups excluding carboxylic acids is 2. The van der Waals surface area contributed by atoms with Crippen LogP contribution in [0.3, 0.4) is 0 Å². The molecule has 2 amide bonds. The van der Waals surface area contributed by atoms with Crippen LogP contribution in [0.4, 0.5) is 5.69 Å². The highest BCUT2D eigenvalue weighted by molar-refractivity contribution is 6.07. The lowest BCUT2D eigenvalue weighted by Crippen LogP contribution is -2.37. The molecule has 0 bridgehead atoms. The first kappa shape index (κ1) is 30.1. The highest BCUT2D eigenvalue weighted by atomic mass is 16.5. The smallest absolute Gasteiger partial charge is 0.254 e. The first-order valence-electron chi connectivity index (χ1n) is 15.6. The van der Waals surface area contributed by atoms with Crippen LogP contribution in [0, 0.1) is 0 Å². The standard InChI is InChI=1S/C37H37N5O3/c1-45-26-36(43)42-21-10-4-2-3-9-20-41(25-29-22-27(16-17-35(29)42)28-12-11-18-38-24-28)37(44)31-23-34(33-15-7-8-19-39-33)40-32-14-6-5-13-30(31)32/h5-8,11-19,22-24H,2-4,9-10,20-21,25-26H2,1H3. The third-order valence-electron chi connectivity index (χ3n) is 8.27. The summed E-state index contributed by atoms with van der Waals surface area (Å²) in [5.41, 5.74) is 6.35. The Bertz CT molecular complexity index is 1780. The van der Waals surface area contributed by atoms with Crippen LogP contribution in [0.2, 0.25) is 0 Å². The van der Waals surface area contributed by atoms with Gasteiger partial charge in [-0.05, 0) is 72.0 Å². The fourth-order valence-corrected chi connectivity index (χ4v) is 6.00. The molecule has 228 valence electrons. The van der Waals surface area contributed by atoms with E-state index in [-0.39, 0.29) is 18.4 Å². The molecule has 45 heavy (non-hydrogen) atoms. The number of para-hydroxylation sites is 1. The summed E-state index contributed by atoms with van der Waals surface area (Å²) < 4.78 is 5.27. The van der Waals surface area contributed by atoms with Crippen molar-refractivity contribution in [2.75, 3.05) is 31.7 Å². The van der Waals surface area contributed by atoms with Gasteiger partial charge in [-0.2, -0.15) is 0 Å². The van der Waals surface area contributed by atoms with E-state index in [0.717, 1.165) is 65.4 Å². The summed E-state index contributed by atoms with van der Waals surface area (Å²) in [6.45, 7) is 1.52. The predicted molar refractivity (Wildman–Crippen MR) is 177 cm³/mol. The van der Waals surface area contributed by atoms with Crippen molar-refractivity contribution in [2.24, 2.45) is 0 Å². The van der Waals surface area contributed by atoms with Crippen molar-refractivity contribution in [1.82, 2.24) is 19.9 Å². The number of aromatic nitrogens is 3. The fraction of sp³-hybridized carbons (Fsp3) is 0.270. The van der Waals surface area contributed by atoms with Gasteiger partial charge in [0.25, 0.3) is 11.8 Å². The lowest BCUT2D eigenvalue weighted by atomic mass is 10.00. The van der Waals surface area contributed by atoms with Crippen LogP contribution in [0.25, 0.3) is 33.4 Å². The summed E-state index contributed by atoms with van der Waals surface area (Å²) in [7, 11) is 1.54. The van der Waals surface area contributed by atoms with Gasteiger partial charge in [0.1, 0.15) is 6.61 Å². The van der Waals surface area contributed by atoms with Crippen LogP contribution < -0.4 is 4.90 Å².